The van der Waals surface area contributed by atoms with Crippen LogP contribution in [0.4, 0.5) is 5.69 Å². The van der Waals surface area contributed by atoms with Gasteiger partial charge in [0.05, 0.1) is 16.9 Å². The number of carbonyl (C=O) groups excluding carboxylic acids is 1. The summed E-state index contributed by atoms with van der Waals surface area (Å²) < 4.78 is 1.82. The van der Waals surface area contributed by atoms with Gasteiger partial charge in [-0.2, -0.15) is 0 Å². The third-order valence-corrected chi connectivity index (χ3v) is 4.10. The molecule has 6 heteroatoms. The Balaban J connectivity index is 1.87. The first-order valence-electron chi connectivity index (χ1n) is 7.71. The molecule has 1 amide bonds. The SMILES string of the molecule is CN(C)CCc1ccc2ncc(C(=O)Nc3ccccc3Cl)n2c1. The summed E-state index contributed by atoms with van der Waals surface area (Å²) >= 11 is 6.10. The van der Waals surface area contributed by atoms with E-state index in [1.54, 1.807) is 18.3 Å². The van der Waals surface area contributed by atoms with Crippen LogP contribution in [0.5, 0.6) is 0 Å². The molecule has 0 fully saturated rings. The van der Waals surface area contributed by atoms with E-state index >= 15 is 0 Å². The number of nitrogens with zero attached hydrogens (tertiary/aromatic N) is 3. The van der Waals surface area contributed by atoms with Crippen LogP contribution in [0.2, 0.25) is 5.02 Å². The number of fused-ring (bicyclic) bond motifs is 1. The molecule has 0 unspecified atom stereocenters. The summed E-state index contributed by atoms with van der Waals surface area (Å²) in [5, 5.41) is 3.34. The summed E-state index contributed by atoms with van der Waals surface area (Å²) in [6.45, 7) is 0.946. The van der Waals surface area contributed by atoms with Crippen molar-refractivity contribution in [3.8, 4) is 0 Å². The van der Waals surface area contributed by atoms with E-state index < -0.39 is 0 Å². The Kier molecular flexibility index (Phi) is 4.83. The molecule has 0 atom stereocenters. The second-order valence-corrected chi connectivity index (χ2v) is 6.30. The van der Waals surface area contributed by atoms with Crippen molar-refractivity contribution in [3.05, 3.63) is 65.1 Å². The first-order chi connectivity index (χ1) is 11.5. The number of imidazole rings is 1. The number of nitrogens with one attached hydrogen (secondary N) is 1. The molecular formula is C18H19ClN4O. The topological polar surface area (TPSA) is 49.6 Å². The molecule has 24 heavy (non-hydrogen) atoms. The Morgan fingerprint density at radius 1 is 1.25 bits per heavy atom. The number of anilines is 1. The number of para-hydroxylation sites is 1. The lowest BCUT2D eigenvalue weighted by atomic mass is 10.2. The summed E-state index contributed by atoms with van der Waals surface area (Å²) in [5.41, 5.74) is 2.97. The van der Waals surface area contributed by atoms with Crippen LogP contribution in [0, 0.1) is 0 Å². The third-order valence-electron chi connectivity index (χ3n) is 3.77. The maximum atomic E-state index is 12.6. The van der Waals surface area contributed by atoms with Crippen molar-refractivity contribution in [1.82, 2.24) is 14.3 Å². The maximum absolute atomic E-state index is 12.6. The van der Waals surface area contributed by atoms with Gasteiger partial charge in [0.1, 0.15) is 11.3 Å². The second-order valence-electron chi connectivity index (χ2n) is 5.90. The minimum atomic E-state index is -0.236. The smallest absolute Gasteiger partial charge is 0.274 e. The first kappa shape index (κ1) is 16.5. The van der Waals surface area contributed by atoms with Crippen molar-refractivity contribution < 1.29 is 4.79 Å². The zero-order valence-electron chi connectivity index (χ0n) is 13.7. The molecular weight excluding hydrogens is 324 g/mol. The van der Waals surface area contributed by atoms with Gasteiger partial charge in [-0.05, 0) is 44.3 Å². The highest BCUT2D eigenvalue weighted by Gasteiger charge is 2.14. The number of rotatable bonds is 5. The standard InChI is InChI=1S/C18H19ClN4O/c1-22(2)10-9-13-7-8-17-20-11-16(23(17)12-13)18(24)21-15-6-4-3-5-14(15)19/h3-8,11-12H,9-10H2,1-2H3,(H,21,24). The molecule has 1 aromatic carbocycles. The lowest BCUT2D eigenvalue weighted by Gasteiger charge is -2.10. The van der Waals surface area contributed by atoms with Gasteiger partial charge in [0.15, 0.2) is 0 Å². The van der Waals surface area contributed by atoms with Crippen molar-refractivity contribution in [2.24, 2.45) is 0 Å². The van der Waals surface area contributed by atoms with E-state index in [1.165, 1.54) is 0 Å². The molecule has 1 N–H and O–H groups in total. The molecule has 0 aliphatic rings. The molecule has 2 heterocycles. The second kappa shape index (κ2) is 7.03. The van der Waals surface area contributed by atoms with Gasteiger partial charge in [-0.3, -0.25) is 9.20 Å². The van der Waals surface area contributed by atoms with Crippen molar-refractivity contribution in [1.29, 1.82) is 0 Å². The molecule has 0 spiro atoms. The Morgan fingerprint density at radius 2 is 2.04 bits per heavy atom. The number of carbonyl (C=O) groups is 1. The minimum Gasteiger partial charge on any atom is -0.319 e. The van der Waals surface area contributed by atoms with E-state index in [-0.39, 0.29) is 5.91 Å². The van der Waals surface area contributed by atoms with Gasteiger partial charge in [0.25, 0.3) is 5.91 Å². The fourth-order valence-electron chi connectivity index (χ4n) is 2.44. The minimum absolute atomic E-state index is 0.236. The third kappa shape index (κ3) is 3.58. The average Bonchev–Trinajstić information content (AvgIpc) is 2.98. The molecule has 0 bridgehead atoms. The lowest BCUT2D eigenvalue weighted by molar-refractivity contribution is 0.102. The van der Waals surface area contributed by atoms with Crippen molar-refractivity contribution in [2.45, 2.75) is 6.42 Å². The van der Waals surface area contributed by atoms with Gasteiger partial charge in [-0.15, -0.1) is 0 Å². The molecule has 3 rings (SSSR count). The summed E-state index contributed by atoms with van der Waals surface area (Å²) in [4.78, 5) is 19.0. The largest absolute Gasteiger partial charge is 0.319 e. The Labute approximate surface area is 145 Å². The van der Waals surface area contributed by atoms with Crippen LogP contribution < -0.4 is 5.32 Å². The summed E-state index contributed by atoms with van der Waals surface area (Å²) in [7, 11) is 4.08. The van der Waals surface area contributed by atoms with Crippen LogP contribution in [0.25, 0.3) is 5.65 Å². The van der Waals surface area contributed by atoms with E-state index in [2.05, 4.69) is 15.2 Å². The van der Waals surface area contributed by atoms with Crippen LogP contribution in [-0.2, 0) is 6.42 Å². The molecule has 0 saturated carbocycles. The molecule has 2 aromatic heterocycles. The fourth-order valence-corrected chi connectivity index (χ4v) is 2.63. The van der Waals surface area contributed by atoms with E-state index in [9.17, 15) is 4.79 Å². The summed E-state index contributed by atoms with van der Waals surface area (Å²) in [6, 6.07) is 11.1. The highest BCUT2D eigenvalue weighted by Crippen LogP contribution is 2.21. The molecule has 124 valence electrons. The number of hydrogen-bond acceptors (Lipinski definition) is 3. The van der Waals surface area contributed by atoms with Gasteiger partial charge < -0.3 is 10.2 Å². The Hall–Kier alpha value is -2.37. The van der Waals surface area contributed by atoms with Crippen molar-refractivity contribution in [3.63, 3.8) is 0 Å². The summed E-state index contributed by atoms with van der Waals surface area (Å²) in [6.07, 6.45) is 4.46. The quantitative estimate of drug-likeness (QED) is 0.773. The van der Waals surface area contributed by atoms with Crippen molar-refractivity contribution in [2.75, 3.05) is 26.0 Å². The normalized spacial score (nSPS) is 11.2. The van der Waals surface area contributed by atoms with Crippen LogP contribution in [-0.4, -0.2) is 40.8 Å². The highest BCUT2D eigenvalue weighted by atomic mass is 35.5. The first-order valence-corrected chi connectivity index (χ1v) is 8.09. The zero-order valence-corrected chi connectivity index (χ0v) is 14.4. The fraction of sp³-hybridized carbons (Fsp3) is 0.222. The van der Waals surface area contributed by atoms with E-state index in [0.717, 1.165) is 24.2 Å². The molecule has 5 nitrogen and oxygen atoms in total. The van der Waals surface area contributed by atoms with Gasteiger partial charge in [-0.25, -0.2) is 4.98 Å². The number of halogens is 1. The molecule has 0 saturated heterocycles. The zero-order chi connectivity index (χ0) is 17.1. The van der Waals surface area contributed by atoms with Gasteiger partial charge >= 0.3 is 0 Å². The highest BCUT2D eigenvalue weighted by molar-refractivity contribution is 6.33. The average molecular weight is 343 g/mol. The van der Waals surface area contributed by atoms with Gasteiger partial charge in [0, 0.05) is 12.7 Å². The van der Waals surface area contributed by atoms with Crippen LogP contribution >= 0.6 is 11.6 Å². The number of pyridine rings is 1. The number of likely N-dealkylation sites (N-methyl/N-ethyl adjacent to an activating group) is 1. The summed E-state index contributed by atoms with van der Waals surface area (Å²) in [5.74, 6) is -0.236. The molecule has 0 radical (unpaired) electrons. The number of amides is 1. The van der Waals surface area contributed by atoms with Gasteiger partial charge in [0.2, 0.25) is 0 Å². The molecule has 0 aliphatic heterocycles. The van der Waals surface area contributed by atoms with Crippen LogP contribution in [0.1, 0.15) is 16.1 Å². The van der Waals surface area contributed by atoms with E-state index in [4.69, 9.17) is 11.6 Å². The van der Waals surface area contributed by atoms with Crippen molar-refractivity contribution >= 4 is 28.8 Å². The predicted octanol–water partition coefficient (Wildman–Crippen LogP) is 3.34. The lowest BCUT2D eigenvalue weighted by Crippen LogP contribution is -2.16. The number of benzene rings is 1. The Morgan fingerprint density at radius 3 is 2.79 bits per heavy atom. The van der Waals surface area contributed by atoms with E-state index in [0.29, 0.717) is 16.4 Å². The Bertz CT molecular complexity index is 872. The van der Waals surface area contributed by atoms with Crippen LogP contribution in [0.15, 0.2) is 48.8 Å². The monoisotopic (exact) mass is 342 g/mol. The maximum Gasteiger partial charge on any atom is 0.274 e. The van der Waals surface area contributed by atoms with E-state index in [1.807, 2.05) is 49.0 Å². The number of aromatic nitrogens is 2. The van der Waals surface area contributed by atoms with Crippen LogP contribution in [0.3, 0.4) is 0 Å². The molecule has 3 aromatic rings. The predicted molar refractivity (Wildman–Crippen MR) is 96.9 cm³/mol. The number of hydrogen-bond donors (Lipinski definition) is 1. The molecule has 0 aliphatic carbocycles. The van der Waals surface area contributed by atoms with Gasteiger partial charge in [-0.1, -0.05) is 29.8 Å².